The molecule has 64 heavy (non-hydrogen) atoms. The van der Waals surface area contributed by atoms with E-state index in [1.807, 2.05) is 0 Å². The van der Waals surface area contributed by atoms with Crippen LogP contribution in [0.4, 0.5) is 44.6 Å². The van der Waals surface area contributed by atoms with Crippen molar-refractivity contribution in [1.29, 1.82) is 0 Å². The number of nitrogens with two attached hydrogens (primary N) is 1. The summed E-state index contributed by atoms with van der Waals surface area (Å²) in [7, 11) is -17.6. The molecule has 4 aromatic carbocycles. The van der Waals surface area contributed by atoms with Crippen LogP contribution in [-0.2, 0) is 44.4 Å². The van der Waals surface area contributed by atoms with E-state index in [0.717, 1.165) is 54.6 Å². The molecule has 0 aliphatic carbocycles. The van der Waals surface area contributed by atoms with Gasteiger partial charge in [-0.2, -0.15) is 27.1 Å². The molecule has 0 heterocycles. The molecule has 31 heteroatoms. The number of phenolic OH excluding ortho intramolecular Hbond substituents is 2. The van der Waals surface area contributed by atoms with Gasteiger partial charge < -0.3 is 31.7 Å². The van der Waals surface area contributed by atoms with Crippen molar-refractivity contribution in [3.05, 3.63) is 77.9 Å². The van der Waals surface area contributed by atoms with Crippen LogP contribution in [0.3, 0.4) is 0 Å². The van der Waals surface area contributed by atoms with Crippen molar-refractivity contribution in [3.63, 3.8) is 0 Å². The smallest absolute Gasteiger partial charge is 0.397 e. The van der Waals surface area contributed by atoms with Crippen molar-refractivity contribution in [2.45, 2.75) is 9.79 Å². The molecule has 26 nitrogen and oxygen atoms in total. The Hall–Kier alpha value is -6.54. The highest BCUT2D eigenvalue weighted by Gasteiger charge is 2.24. The van der Waals surface area contributed by atoms with Gasteiger partial charge in [-0.25, -0.2) is 30.6 Å². The van der Waals surface area contributed by atoms with Gasteiger partial charge in [-0.05, 0) is 66.7 Å². The maximum absolute atomic E-state index is 12.6. The molecule has 0 saturated carbocycles. The van der Waals surface area contributed by atoms with E-state index in [-0.39, 0.29) is 51.4 Å². The maximum atomic E-state index is 12.6. The number of hydrogen-bond donors (Lipinski definition) is 8. The number of anilines is 1. The molecule has 342 valence electrons. The van der Waals surface area contributed by atoms with Crippen molar-refractivity contribution in [2.75, 3.05) is 41.6 Å². The molecule has 0 fully saturated rings. The van der Waals surface area contributed by atoms with Gasteiger partial charge in [-0.15, -0.1) is 32.1 Å². The van der Waals surface area contributed by atoms with Gasteiger partial charge in [0.05, 0.1) is 51.4 Å². The number of amides is 3. The average Bonchev–Trinajstić information content (AvgIpc) is 3.18. The topological polar surface area (TPSA) is 422 Å². The Morgan fingerprint density at radius 1 is 0.719 bits per heavy atom. The predicted molar refractivity (Wildman–Crippen MR) is 223 cm³/mol. The number of carboxylic acid groups (broad SMARTS) is 1. The van der Waals surface area contributed by atoms with Crippen LogP contribution in [0, 0.1) is 0 Å². The first-order valence-electron chi connectivity index (χ1n) is 17.2. The Bertz CT molecular complexity index is 3020. The summed E-state index contributed by atoms with van der Waals surface area (Å²) in [6, 6.07) is 10.2. The molecule has 0 atom stereocenters. The van der Waals surface area contributed by atoms with Crippen molar-refractivity contribution in [3.8, 4) is 11.5 Å². The third-order valence-electron chi connectivity index (χ3n) is 7.86. The van der Waals surface area contributed by atoms with Gasteiger partial charge >= 0.3 is 22.4 Å². The number of halogens is 1. The fraction of sp³-hybridized carbons (Fsp3) is 0.182. The summed E-state index contributed by atoms with van der Waals surface area (Å²) in [6.07, 6.45) is 0. The van der Waals surface area contributed by atoms with E-state index in [1.165, 1.54) is 6.07 Å². The van der Waals surface area contributed by atoms with E-state index in [2.05, 4.69) is 45.5 Å². The Morgan fingerprint density at radius 2 is 1.33 bits per heavy atom. The number of benzene rings is 4. The number of carboxylic acids is 1. The molecule has 4 rings (SSSR count). The monoisotopic (exact) mass is 989 g/mol. The van der Waals surface area contributed by atoms with Crippen molar-refractivity contribution < 1.29 is 76.7 Å². The van der Waals surface area contributed by atoms with Gasteiger partial charge in [-0.3, -0.25) is 13.9 Å². The van der Waals surface area contributed by atoms with Crippen molar-refractivity contribution in [1.82, 2.24) is 5.32 Å². The van der Waals surface area contributed by atoms with Gasteiger partial charge in [0.2, 0.25) is 0 Å². The normalized spacial score (nSPS) is 12.5. The highest BCUT2D eigenvalue weighted by atomic mass is 35.5. The SMILES string of the molecule is NC(=O)Nc1cc(N=Nc2c(O)cc(C(=O)O)c(N=Nc3ccc(S(=O)(=O)CCOS(=O)(=O)O)cc3)c2O)ccc1N=Nc1ccc(C(=O)NCCS(=O)(=O)CCCl)cc1S(=O)(=O)O. The van der Waals surface area contributed by atoms with Gasteiger partial charge in [0.25, 0.3) is 16.0 Å². The number of hydrogen-bond acceptors (Lipinski definition) is 20. The molecule has 0 aliphatic heterocycles. The van der Waals surface area contributed by atoms with Crippen LogP contribution in [0.2, 0.25) is 0 Å². The zero-order valence-corrected chi connectivity index (χ0v) is 36.0. The van der Waals surface area contributed by atoms with E-state index in [0.29, 0.717) is 6.07 Å². The predicted octanol–water partition coefficient (Wildman–Crippen LogP) is 4.76. The molecule has 0 bridgehead atoms. The molecule has 0 aromatic heterocycles. The number of urea groups is 1. The number of sulfone groups is 2. The number of carbonyl (C=O) groups is 3. The molecule has 3 amide bonds. The number of rotatable bonds is 20. The van der Waals surface area contributed by atoms with Crippen molar-refractivity contribution in [2.24, 2.45) is 36.4 Å². The van der Waals surface area contributed by atoms with Gasteiger partial charge in [0.15, 0.2) is 31.1 Å². The highest BCUT2D eigenvalue weighted by Crippen LogP contribution is 2.47. The number of primary amides is 1. The van der Waals surface area contributed by atoms with E-state index >= 15 is 0 Å². The first kappa shape index (κ1) is 50.1. The van der Waals surface area contributed by atoms with E-state index in [1.54, 1.807) is 0 Å². The Morgan fingerprint density at radius 3 is 1.94 bits per heavy atom. The number of azo groups is 3. The van der Waals surface area contributed by atoms with Crippen LogP contribution in [-0.4, -0.2) is 112 Å². The maximum Gasteiger partial charge on any atom is 0.397 e. The zero-order valence-electron chi connectivity index (χ0n) is 32.0. The molecule has 0 spiro atoms. The molecule has 4 aromatic rings. The average molecular weight is 990 g/mol. The van der Waals surface area contributed by atoms with Crippen LogP contribution in [0.15, 0.2) is 107 Å². The lowest BCUT2D eigenvalue weighted by Crippen LogP contribution is -2.30. The lowest BCUT2D eigenvalue weighted by atomic mass is 10.1. The zero-order chi connectivity index (χ0) is 47.6. The molecular weight excluding hydrogens is 958 g/mol. The van der Waals surface area contributed by atoms with E-state index in [9.17, 15) is 67.9 Å². The fourth-order valence-corrected chi connectivity index (χ4v) is 8.60. The first-order valence-corrected chi connectivity index (χ1v) is 24.0. The number of nitrogens with one attached hydrogen (secondary N) is 2. The van der Waals surface area contributed by atoms with Gasteiger partial charge in [-0.1, -0.05) is 0 Å². The minimum atomic E-state index is -5.05. The Balaban J connectivity index is 1.62. The van der Waals surface area contributed by atoms with Crippen LogP contribution in [0.5, 0.6) is 11.5 Å². The minimum Gasteiger partial charge on any atom is -0.505 e. The number of carbonyl (C=O) groups excluding carboxylic acids is 2. The minimum absolute atomic E-state index is 0.0771. The van der Waals surface area contributed by atoms with Crippen LogP contribution >= 0.6 is 11.6 Å². The van der Waals surface area contributed by atoms with Crippen molar-refractivity contribution >= 4 is 110 Å². The lowest BCUT2D eigenvalue weighted by Gasteiger charge is -2.09. The second-order valence-electron chi connectivity index (χ2n) is 12.4. The Kier molecular flexibility index (Phi) is 16.3. The van der Waals surface area contributed by atoms with Gasteiger partial charge in [0.1, 0.15) is 27.7 Å². The first-order chi connectivity index (χ1) is 29.8. The number of nitrogens with zero attached hydrogens (tertiary/aromatic N) is 6. The standard InChI is InChI=1S/C33H32ClN9O17S4/c34-9-12-61(50,51)13-10-36-31(46)18-1-7-24(27(15-18)63(54,55)56)41-40-23-8-4-20(16-25(23)37-33(35)49)39-43-29-26(44)17-22(32(47)48)28(30(29)45)42-38-19-2-5-21(6-3-19)62(52,53)14-11-60-64(57,58)59/h1-8,15-17,44-45H,9-14H2,(H,36,46)(H,47,48)(H3,35,37,49)(H,54,55,56)(H,57,58,59). The van der Waals surface area contributed by atoms with Crippen LogP contribution in [0.25, 0.3) is 0 Å². The second kappa shape index (κ2) is 20.8. The Labute approximate surface area is 367 Å². The number of aromatic carboxylic acids is 1. The fourth-order valence-electron chi connectivity index (χ4n) is 4.90. The third kappa shape index (κ3) is 14.2. The quantitative estimate of drug-likeness (QED) is 0.0336. The van der Waals surface area contributed by atoms with E-state index in [4.69, 9.17) is 21.9 Å². The number of alkyl halides is 1. The highest BCUT2D eigenvalue weighted by molar-refractivity contribution is 7.91. The second-order valence-corrected chi connectivity index (χ2v) is 19.7. The molecule has 0 aliphatic rings. The van der Waals surface area contributed by atoms with Gasteiger partial charge in [0, 0.05) is 18.0 Å². The van der Waals surface area contributed by atoms with E-state index < -0.39 is 115 Å². The largest absolute Gasteiger partial charge is 0.505 e. The summed E-state index contributed by atoms with van der Waals surface area (Å²) in [5.41, 5.74) is 1.61. The summed E-state index contributed by atoms with van der Waals surface area (Å²) in [5, 5.41) is 58.6. The summed E-state index contributed by atoms with van der Waals surface area (Å²) < 4.78 is 117. The molecule has 9 N–H and O–H groups in total. The summed E-state index contributed by atoms with van der Waals surface area (Å²) in [4.78, 5) is 35.2. The molecule has 0 radical (unpaired) electrons. The van der Waals surface area contributed by atoms with Crippen LogP contribution in [0.1, 0.15) is 20.7 Å². The number of phenols is 2. The number of aromatic hydroxyl groups is 2. The van der Waals surface area contributed by atoms with Crippen LogP contribution < -0.4 is 16.4 Å². The summed E-state index contributed by atoms with van der Waals surface area (Å²) in [5.74, 6) is -6.28. The summed E-state index contributed by atoms with van der Waals surface area (Å²) in [6.45, 7) is -1.22. The molecular formula is C33H32ClN9O17S4. The summed E-state index contributed by atoms with van der Waals surface area (Å²) >= 11 is 5.45. The molecule has 0 saturated heterocycles. The third-order valence-corrected chi connectivity index (χ3v) is 13.0. The molecule has 0 unspecified atom stereocenters. The lowest BCUT2D eigenvalue weighted by molar-refractivity contribution is 0.0696.